The number of amides is 1. The Hall–Kier alpha value is -2.55. The number of β-lactam (4-membered cyclic amide) rings is 1. The van der Waals surface area contributed by atoms with Crippen LogP contribution in [-0.4, -0.2) is 61.1 Å². The number of aliphatic carboxylic acids is 2. The Bertz CT molecular complexity index is 794. The van der Waals surface area contributed by atoms with Gasteiger partial charge in [0.1, 0.15) is 17.3 Å². The van der Waals surface area contributed by atoms with Gasteiger partial charge < -0.3 is 20.2 Å². The highest BCUT2D eigenvalue weighted by atomic mass is 32.2. The lowest BCUT2D eigenvalue weighted by Gasteiger charge is -2.42. The Kier molecular flexibility index (Phi) is 4.43. The van der Waals surface area contributed by atoms with Gasteiger partial charge >= 0.3 is 11.9 Å². The zero-order valence-electron chi connectivity index (χ0n) is 14.0. The van der Waals surface area contributed by atoms with Crippen molar-refractivity contribution in [2.45, 2.75) is 42.0 Å². The van der Waals surface area contributed by atoms with E-state index in [9.17, 15) is 29.7 Å². The molecule has 0 aromatic heterocycles. The van der Waals surface area contributed by atoms with Crippen molar-refractivity contribution in [1.82, 2.24) is 4.90 Å². The molecular weight excluding hydrogens is 360 g/mol. The summed E-state index contributed by atoms with van der Waals surface area (Å²) in [5, 5.41) is 30.7. The van der Waals surface area contributed by atoms with Crippen molar-refractivity contribution in [1.29, 1.82) is 0 Å². The number of nitrogens with zero attached hydrogens (tertiary/aromatic N) is 2. The van der Waals surface area contributed by atoms with E-state index in [0.717, 1.165) is 0 Å². The molecular formula is C17H17N2O6S-. The van der Waals surface area contributed by atoms with Crippen LogP contribution in [0.5, 0.6) is 0 Å². The van der Waals surface area contributed by atoms with Crippen molar-refractivity contribution in [2.24, 2.45) is 4.99 Å². The van der Waals surface area contributed by atoms with Crippen LogP contribution < -0.4 is 5.11 Å². The zero-order chi connectivity index (χ0) is 19.2. The first-order valence-electron chi connectivity index (χ1n) is 7.90. The van der Waals surface area contributed by atoms with Gasteiger partial charge in [0, 0.05) is 4.75 Å². The minimum absolute atomic E-state index is 0.278. The molecule has 3 rings (SSSR count). The standard InChI is InChI=1S/C17H18N2O6S/c1-17(2)11(16(24)25)19-13(21)10(14(19)26-17)18-12(20)9(15(22)23)8-6-4-3-5-7-8/h3-7,9-11,14H,1-2H3,(H,18,20)(H,22,23)(H,24,25)/p-1/t9?,10-,11+,14-/m1/s1. The molecule has 0 radical (unpaired) electrons. The maximum absolute atomic E-state index is 12.5. The van der Waals surface area contributed by atoms with Gasteiger partial charge in [-0.15, -0.1) is 11.8 Å². The highest BCUT2D eigenvalue weighted by Crippen LogP contribution is 2.51. The number of carboxylic acids is 2. The third kappa shape index (κ3) is 2.82. The molecule has 1 aromatic rings. The molecule has 2 aliphatic heterocycles. The van der Waals surface area contributed by atoms with Crippen molar-refractivity contribution in [2.75, 3.05) is 0 Å². The van der Waals surface area contributed by atoms with Crippen LogP contribution in [0.4, 0.5) is 0 Å². The van der Waals surface area contributed by atoms with Crippen LogP contribution in [0.1, 0.15) is 25.3 Å². The first kappa shape index (κ1) is 18.2. The molecule has 4 atom stereocenters. The topological polar surface area (TPSA) is 130 Å². The van der Waals surface area contributed by atoms with E-state index in [1.165, 1.54) is 28.8 Å². The molecule has 1 amide bonds. The fourth-order valence-corrected chi connectivity index (χ4v) is 4.97. The highest BCUT2D eigenvalue weighted by molar-refractivity contribution is 8.01. The van der Waals surface area contributed by atoms with E-state index < -0.39 is 51.9 Å². The monoisotopic (exact) mass is 377 g/mol. The summed E-state index contributed by atoms with van der Waals surface area (Å²) >= 11 is 1.25. The van der Waals surface area contributed by atoms with Gasteiger partial charge in [0.05, 0.1) is 0 Å². The third-order valence-electron chi connectivity index (χ3n) is 4.54. The number of rotatable bonds is 5. The van der Waals surface area contributed by atoms with Gasteiger partial charge in [-0.1, -0.05) is 30.3 Å². The number of carbonyl (C=O) groups excluding carboxylic acids is 1. The summed E-state index contributed by atoms with van der Waals surface area (Å²) in [7, 11) is 0. The van der Waals surface area contributed by atoms with Gasteiger partial charge in [0.15, 0.2) is 6.04 Å². The summed E-state index contributed by atoms with van der Waals surface area (Å²) in [5.41, 5.74) is 0.278. The number of benzene rings is 1. The summed E-state index contributed by atoms with van der Waals surface area (Å²) in [5.74, 6) is -5.44. The first-order valence-corrected chi connectivity index (χ1v) is 8.78. The van der Waals surface area contributed by atoms with Crippen molar-refractivity contribution < 1.29 is 29.7 Å². The van der Waals surface area contributed by atoms with Crippen molar-refractivity contribution in [3.63, 3.8) is 0 Å². The number of hydrogen-bond acceptors (Lipinski definition) is 6. The van der Waals surface area contributed by atoms with Crippen LogP contribution in [-0.2, 0) is 14.4 Å². The normalized spacial score (nSPS) is 28.2. The molecule has 2 fully saturated rings. The zero-order valence-corrected chi connectivity index (χ0v) is 14.8. The average molecular weight is 377 g/mol. The number of hydrogen-bond donors (Lipinski definition) is 2. The average Bonchev–Trinajstić information content (AvgIpc) is 2.82. The molecule has 0 spiro atoms. The molecule has 26 heavy (non-hydrogen) atoms. The molecule has 1 aromatic carbocycles. The molecule has 0 aliphatic carbocycles. The van der Waals surface area contributed by atoms with Crippen LogP contribution >= 0.6 is 11.8 Å². The van der Waals surface area contributed by atoms with Crippen LogP contribution in [0.3, 0.4) is 0 Å². The molecule has 8 nitrogen and oxygen atoms in total. The smallest absolute Gasteiger partial charge is 0.327 e. The summed E-state index contributed by atoms with van der Waals surface area (Å²) < 4.78 is -0.731. The predicted molar refractivity (Wildman–Crippen MR) is 91.8 cm³/mol. The minimum atomic E-state index is -1.49. The number of carboxylic acid groups (broad SMARTS) is 2. The van der Waals surface area contributed by atoms with E-state index in [4.69, 9.17) is 0 Å². The summed E-state index contributed by atoms with van der Waals surface area (Å²) in [4.78, 5) is 40.4. The van der Waals surface area contributed by atoms with Gasteiger partial charge in [-0.2, -0.15) is 0 Å². The van der Waals surface area contributed by atoms with Crippen molar-refractivity contribution >= 4 is 35.5 Å². The van der Waals surface area contributed by atoms with E-state index in [2.05, 4.69) is 4.99 Å². The Morgan fingerprint density at radius 3 is 2.42 bits per heavy atom. The molecule has 9 heteroatoms. The van der Waals surface area contributed by atoms with E-state index >= 15 is 0 Å². The SMILES string of the molecule is CC1(C)S[C@@H]2[C@H](N=C([O-])C(C(=O)O)c3ccccc3)C(=O)N2[C@H]1C(=O)O. The maximum atomic E-state index is 12.5. The molecule has 2 aliphatic rings. The van der Waals surface area contributed by atoms with Crippen molar-refractivity contribution in [3.8, 4) is 0 Å². The van der Waals surface area contributed by atoms with Crippen LogP contribution in [0, 0.1) is 0 Å². The largest absolute Gasteiger partial charge is 0.861 e. The Labute approximate surface area is 153 Å². The lowest BCUT2D eigenvalue weighted by Crippen LogP contribution is -2.65. The molecule has 1 unspecified atom stereocenters. The van der Waals surface area contributed by atoms with E-state index in [0.29, 0.717) is 0 Å². The molecule has 2 saturated heterocycles. The Morgan fingerprint density at radius 1 is 1.27 bits per heavy atom. The minimum Gasteiger partial charge on any atom is -0.861 e. The maximum Gasteiger partial charge on any atom is 0.327 e. The van der Waals surface area contributed by atoms with E-state index in [-0.39, 0.29) is 5.56 Å². The van der Waals surface area contributed by atoms with Crippen molar-refractivity contribution in [3.05, 3.63) is 35.9 Å². The quantitative estimate of drug-likeness (QED) is 0.424. The molecule has 138 valence electrons. The summed E-state index contributed by atoms with van der Waals surface area (Å²) in [6.07, 6.45) is 0. The highest BCUT2D eigenvalue weighted by Gasteiger charge is 2.63. The van der Waals surface area contributed by atoms with Gasteiger partial charge in [-0.25, -0.2) is 4.79 Å². The lowest BCUT2D eigenvalue weighted by molar-refractivity contribution is -0.222. The van der Waals surface area contributed by atoms with E-state index in [1.54, 1.807) is 32.0 Å². The van der Waals surface area contributed by atoms with Crippen LogP contribution in [0.15, 0.2) is 35.3 Å². The lowest BCUT2D eigenvalue weighted by atomic mass is 9.95. The molecule has 0 bridgehead atoms. The van der Waals surface area contributed by atoms with Gasteiger partial charge in [-0.3, -0.25) is 14.6 Å². The second kappa shape index (κ2) is 6.31. The summed E-state index contributed by atoms with van der Waals surface area (Å²) in [6, 6.07) is 5.88. The second-order valence-corrected chi connectivity index (χ2v) is 8.46. The fraction of sp³-hybridized carbons (Fsp3) is 0.412. The Balaban J connectivity index is 1.88. The number of fused-ring (bicyclic) bond motifs is 1. The fourth-order valence-electron chi connectivity index (χ4n) is 3.36. The molecule has 0 saturated carbocycles. The van der Waals surface area contributed by atoms with Gasteiger partial charge in [0.25, 0.3) is 5.91 Å². The van der Waals surface area contributed by atoms with Crippen LogP contribution in [0.25, 0.3) is 0 Å². The predicted octanol–water partition coefficient (Wildman–Crippen LogP) is 0.129. The third-order valence-corrected chi connectivity index (χ3v) is 6.10. The van der Waals surface area contributed by atoms with Crippen LogP contribution in [0.2, 0.25) is 0 Å². The molecule has 2 N–H and O–H groups in total. The van der Waals surface area contributed by atoms with Gasteiger partial charge in [-0.05, 0) is 25.3 Å². The second-order valence-electron chi connectivity index (χ2n) is 6.69. The van der Waals surface area contributed by atoms with Gasteiger partial charge in [0.2, 0.25) is 0 Å². The number of aliphatic imine (C=N–C) groups is 1. The first-order chi connectivity index (χ1) is 12.1. The van der Waals surface area contributed by atoms with E-state index in [1.807, 2.05) is 0 Å². The number of carbonyl (C=O) groups is 3. The number of thioether (sulfide) groups is 1. The summed E-state index contributed by atoms with van der Waals surface area (Å²) in [6.45, 7) is 3.43. The molecule has 2 heterocycles. The Morgan fingerprint density at radius 2 is 1.88 bits per heavy atom.